The molecule has 144 valence electrons. The molecule has 5 nitrogen and oxygen atoms in total. The van der Waals surface area contributed by atoms with Gasteiger partial charge in [0.15, 0.2) is 0 Å². The molecule has 0 spiro atoms. The van der Waals surface area contributed by atoms with E-state index >= 15 is 0 Å². The average molecular weight is 378 g/mol. The first kappa shape index (κ1) is 24.7. The molecule has 9 heteroatoms. The normalized spacial score (nSPS) is 18.2. The second-order valence-electron chi connectivity index (χ2n) is 6.29. The molecule has 0 aliphatic heterocycles. The minimum atomic E-state index is -2.21. The molecule has 0 aromatic rings. The zero-order valence-corrected chi connectivity index (χ0v) is 16.9. The van der Waals surface area contributed by atoms with Gasteiger partial charge in [-0.2, -0.15) is 0 Å². The molecule has 0 saturated heterocycles. The van der Waals surface area contributed by atoms with E-state index in [0.717, 1.165) is 0 Å². The van der Waals surface area contributed by atoms with Crippen LogP contribution in [-0.2, 0) is 13.8 Å². The SMILES string of the molecule is [B]C(O[C@](F)(CC)COP(OCC[N+]#[C-])N(C(C)C)C(C)C)[C@@H](C)F. The van der Waals surface area contributed by atoms with E-state index in [1.165, 1.54) is 6.92 Å². The predicted molar refractivity (Wildman–Crippen MR) is 97.7 cm³/mol. The summed E-state index contributed by atoms with van der Waals surface area (Å²) in [6, 6.07) is -1.17. The highest BCUT2D eigenvalue weighted by Gasteiger charge is 2.36. The van der Waals surface area contributed by atoms with E-state index in [-0.39, 0.29) is 31.7 Å². The second-order valence-corrected chi connectivity index (χ2v) is 7.74. The summed E-state index contributed by atoms with van der Waals surface area (Å²) < 4.78 is 46.4. The van der Waals surface area contributed by atoms with Gasteiger partial charge in [-0.25, -0.2) is 20.0 Å². The zero-order chi connectivity index (χ0) is 19.6. The van der Waals surface area contributed by atoms with E-state index in [2.05, 4.69) is 4.85 Å². The first-order valence-electron chi connectivity index (χ1n) is 8.51. The minimum Gasteiger partial charge on any atom is -0.348 e. The summed E-state index contributed by atoms with van der Waals surface area (Å²) in [4.78, 5) is 3.24. The molecule has 0 amide bonds. The van der Waals surface area contributed by atoms with E-state index in [4.69, 9.17) is 28.2 Å². The van der Waals surface area contributed by atoms with Crippen molar-refractivity contribution in [2.75, 3.05) is 19.8 Å². The third-order valence-corrected chi connectivity index (χ3v) is 5.42. The van der Waals surface area contributed by atoms with Gasteiger partial charge in [-0.3, -0.25) is 0 Å². The number of rotatable bonds is 13. The van der Waals surface area contributed by atoms with Crippen molar-refractivity contribution in [3.63, 3.8) is 0 Å². The monoisotopic (exact) mass is 378 g/mol. The topological polar surface area (TPSA) is 35.3 Å². The van der Waals surface area contributed by atoms with Gasteiger partial charge in [0.2, 0.25) is 12.4 Å². The highest BCUT2D eigenvalue weighted by molar-refractivity contribution is 7.44. The Morgan fingerprint density at radius 3 is 2.16 bits per heavy atom. The van der Waals surface area contributed by atoms with Gasteiger partial charge in [-0.05, 0) is 34.6 Å². The first-order chi connectivity index (χ1) is 11.6. The number of ether oxygens (including phenoxy) is 1. The molecule has 0 aromatic carbocycles. The van der Waals surface area contributed by atoms with Crippen molar-refractivity contribution in [1.29, 1.82) is 0 Å². The molecule has 25 heavy (non-hydrogen) atoms. The maximum Gasteiger partial charge on any atom is 0.259 e. The molecule has 0 rings (SSSR count). The molecule has 0 aromatic heterocycles. The van der Waals surface area contributed by atoms with E-state index in [0.29, 0.717) is 0 Å². The molecule has 0 saturated carbocycles. The van der Waals surface area contributed by atoms with Crippen LogP contribution in [0.25, 0.3) is 4.85 Å². The van der Waals surface area contributed by atoms with Crippen molar-refractivity contribution < 1.29 is 22.6 Å². The van der Waals surface area contributed by atoms with E-state index in [9.17, 15) is 8.78 Å². The lowest BCUT2D eigenvalue weighted by atomic mass is 9.95. The van der Waals surface area contributed by atoms with Crippen molar-refractivity contribution in [3.8, 4) is 0 Å². The molecular weight excluding hydrogens is 348 g/mol. The third-order valence-electron chi connectivity index (χ3n) is 3.37. The van der Waals surface area contributed by atoms with Crippen LogP contribution < -0.4 is 0 Å². The Labute approximate surface area is 153 Å². The Kier molecular flexibility index (Phi) is 12.0. The third kappa shape index (κ3) is 9.26. The van der Waals surface area contributed by atoms with Crippen LogP contribution in [0.15, 0.2) is 0 Å². The molecule has 0 heterocycles. The smallest absolute Gasteiger partial charge is 0.259 e. The molecule has 0 aliphatic rings. The highest BCUT2D eigenvalue weighted by Crippen LogP contribution is 2.47. The Morgan fingerprint density at radius 1 is 1.20 bits per heavy atom. The summed E-state index contributed by atoms with van der Waals surface area (Å²) in [6.45, 7) is 17.5. The van der Waals surface area contributed by atoms with Crippen LogP contribution in [0, 0.1) is 6.57 Å². The Bertz CT molecular complexity index is 405. The fraction of sp³-hybridized carbons (Fsp3) is 0.938. The maximum atomic E-state index is 14.8. The quantitative estimate of drug-likeness (QED) is 0.208. The van der Waals surface area contributed by atoms with Gasteiger partial charge < -0.3 is 18.6 Å². The maximum absolute atomic E-state index is 14.8. The van der Waals surface area contributed by atoms with Gasteiger partial charge in [0.25, 0.3) is 8.53 Å². The highest BCUT2D eigenvalue weighted by atomic mass is 31.2. The van der Waals surface area contributed by atoms with Gasteiger partial charge in [0.05, 0.1) is 6.00 Å². The van der Waals surface area contributed by atoms with Gasteiger partial charge in [0.1, 0.15) is 27.2 Å². The second kappa shape index (κ2) is 12.1. The van der Waals surface area contributed by atoms with E-state index in [1.807, 2.05) is 32.4 Å². The number of halogens is 2. The first-order valence-corrected chi connectivity index (χ1v) is 9.64. The summed E-state index contributed by atoms with van der Waals surface area (Å²) >= 11 is 0. The van der Waals surface area contributed by atoms with Crippen LogP contribution in [-0.4, -0.2) is 62.4 Å². The predicted octanol–water partition coefficient (Wildman–Crippen LogP) is 4.23. The summed E-state index contributed by atoms with van der Waals surface area (Å²) in [5.74, 6) is -2.21. The molecule has 2 radical (unpaired) electrons. The fourth-order valence-electron chi connectivity index (χ4n) is 2.02. The molecule has 0 N–H and O–H groups in total. The van der Waals surface area contributed by atoms with Crippen molar-refractivity contribution in [3.05, 3.63) is 11.4 Å². The average Bonchev–Trinajstić information content (AvgIpc) is 2.51. The van der Waals surface area contributed by atoms with Crippen LogP contribution in [0.5, 0.6) is 0 Å². The van der Waals surface area contributed by atoms with Crippen LogP contribution in [0.4, 0.5) is 8.78 Å². The Hall–Kier alpha value is -0.315. The standard InChI is InChI=1S/C16H30BF2N2O3P/c1-8-16(19,24-15(17)14(6)18)11-23-25(22-10-9-20-7)21(12(2)3)13(4)5/h12-15H,8-11H2,1-6H3/t14-,15?,16-,25?/m1/s1. The zero-order valence-electron chi connectivity index (χ0n) is 16.0. The van der Waals surface area contributed by atoms with E-state index in [1.54, 1.807) is 6.92 Å². The lowest BCUT2D eigenvalue weighted by molar-refractivity contribution is -0.188. The molecule has 0 fully saturated rings. The van der Waals surface area contributed by atoms with Crippen LogP contribution >= 0.6 is 8.53 Å². The summed E-state index contributed by atoms with van der Waals surface area (Å²) in [7, 11) is 3.89. The number of nitrogens with zero attached hydrogens (tertiary/aromatic N) is 2. The van der Waals surface area contributed by atoms with Gasteiger partial charge in [-0.1, -0.05) is 6.92 Å². The minimum absolute atomic E-state index is 0.0397. The fourth-order valence-corrected chi connectivity index (χ4v) is 3.65. The summed E-state index contributed by atoms with van der Waals surface area (Å²) in [6.07, 6.45) is -1.54. The largest absolute Gasteiger partial charge is 0.348 e. The lowest BCUT2D eigenvalue weighted by Gasteiger charge is -2.37. The summed E-state index contributed by atoms with van der Waals surface area (Å²) in [5.41, 5.74) is 0. The summed E-state index contributed by atoms with van der Waals surface area (Å²) in [5, 5.41) is 0. The lowest BCUT2D eigenvalue weighted by Crippen LogP contribution is -2.41. The van der Waals surface area contributed by atoms with E-state index < -0.39 is 33.2 Å². The Balaban J connectivity index is 5.05. The molecular formula is C16H30BF2N2O3P. The van der Waals surface area contributed by atoms with Gasteiger partial charge in [-0.15, -0.1) is 0 Å². The van der Waals surface area contributed by atoms with Gasteiger partial charge >= 0.3 is 0 Å². The van der Waals surface area contributed by atoms with Crippen molar-refractivity contribution >= 4 is 16.4 Å². The van der Waals surface area contributed by atoms with Crippen molar-refractivity contribution in [2.24, 2.45) is 0 Å². The number of hydrogen-bond donors (Lipinski definition) is 0. The Morgan fingerprint density at radius 2 is 1.76 bits per heavy atom. The molecule has 4 atom stereocenters. The number of hydrogen-bond acceptors (Lipinski definition) is 4. The van der Waals surface area contributed by atoms with Crippen molar-refractivity contribution in [2.45, 2.75) is 78.1 Å². The number of alkyl halides is 2. The van der Waals surface area contributed by atoms with Gasteiger partial charge in [0, 0.05) is 18.5 Å². The molecule has 2 unspecified atom stereocenters. The molecule has 0 aliphatic carbocycles. The molecule has 0 bridgehead atoms. The van der Waals surface area contributed by atoms with Crippen LogP contribution in [0.1, 0.15) is 48.0 Å². The van der Waals surface area contributed by atoms with Crippen LogP contribution in [0.3, 0.4) is 0 Å². The van der Waals surface area contributed by atoms with Crippen molar-refractivity contribution in [1.82, 2.24) is 4.67 Å². The van der Waals surface area contributed by atoms with Crippen LogP contribution in [0.2, 0.25) is 0 Å².